The third-order valence-electron chi connectivity index (χ3n) is 1.89. The van der Waals surface area contributed by atoms with Gasteiger partial charge in [-0.15, -0.1) is 0 Å². The zero-order valence-corrected chi connectivity index (χ0v) is 8.01. The number of hydrogen-bond acceptors (Lipinski definition) is 1. The van der Waals surface area contributed by atoms with Crippen molar-refractivity contribution < 1.29 is 4.79 Å². The van der Waals surface area contributed by atoms with Crippen molar-refractivity contribution in [3.63, 3.8) is 0 Å². The molecule has 0 rings (SSSR count). The van der Waals surface area contributed by atoms with Crippen molar-refractivity contribution in [1.29, 1.82) is 0 Å². The zero-order chi connectivity index (χ0) is 9.07. The molecule has 0 atom stereocenters. The molecular formula is C11H19O. The van der Waals surface area contributed by atoms with E-state index in [4.69, 9.17) is 0 Å². The molecule has 12 heavy (non-hydrogen) atoms. The van der Waals surface area contributed by atoms with Gasteiger partial charge in [0.1, 0.15) is 0 Å². The van der Waals surface area contributed by atoms with E-state index in [0.29, 0.717) is 6.42 Å². The van der Waals surface area contributed by atoms with Gasteiger partial charge in [-0.1, -0.05) is 31.4 Å². The standard InChI is InChI=1S/C11H19O/c1-2-3-4-5-6-7-8-9-10-11-12/h2-3H,4-10H2,1H3. The van der Waals surface area contributed by atoms with Gasteiger partial charge >= 0.3 is 0 Å². The lowest BCUT2D eigenvalue weighted by molar-refractivity contribution is 0.542. The largest absolute Gasteiger partial charge is 0.291 e. The second kappa shape index (κ2) is 10.4. The minimum Gasteiger partial charge on any atom is -0.291 e. The zero-order valence-electron chi connectivity index (χ0n) is 8.01. The van der Waals surface area contributed by atoms with Crippen molar-refractivity contribution in [2.45, 2.75) is 51.9 Å². The summed E-state index contributed by atoms with van der Waals surface area (Å²) in [5, 5.41) is 0. The first-order valence-corrected chi connectivity index (χ1v) is 4.88. The summed E-state index contributed by atoms with van der Waals surface area (Å²) in [7, 11) is 0. The van der Waals surface area contributed by atoms with E-state index in [9.17, 15) is 4.79 Å². The second-order valence-corrected chi connectivity index (χ2v) is 3.02. The fourth-order valence-electron chi connectivity index (χ4n) is 1.16. The van der Waals surface area contributed by atoms with Gasteiger partial charge in [0.15, 0.2) is 6.29 Å². The van der Waals surface area contributed by atoms with Crippen LogP contribution in [-0.2, 0) is 4.79 Å². The highest BCUT2D eigenvalue weighted by Crippen LogP contribution is 2.06. The Labute approximate surface area is 75.9 Å². The minimum atomic E-state index is 0.620. The molecule has 1 radical (unpaired) electrons. The summed E-state index contributed by atoms with van der Waals surface area (Å²) in [5.74, 6) is 0. The van der Waals surface area contributed by atoms with Crippen LogP contribution in [0.15, 0.2) is 12.2 Å². The van der Waals surface area contributed by atoms with E-state index in [2.05, 4.69) is 19.1 Å². The highest BCUT2D eigenvalue weighted by molar-refractivity contribution is 5.50. The van der Waals surface area contributed by atoms with Gasteiger partial charge in [-0.2, -0.15) is 0 Å². The third-order valence-corrected chi connectivity index (χ3v) is 1.89. The normalized spacial score (nSPS) is 10.8. The average Bonchev–Trinajstić information content (AvgIpc) is 2.10. The fourth-order valence-corrected chi connectivity index (χ4v) is 1.16. The maximum atomic E-state index is 9.84. The molecule has 0 aromatic heterocycles. The second-order valence-electron chi connectivity index (χ2n) is 3.02. The molecule has 0 aliphatic heterocycles. The minimum absolute atomic E-state index is 0.620. The number of unbranched alkanes of at least 4 members (excludes halogenated alkanes) is 6. The molecule has 0 aliphatic carbocycles. The summed E-state index contributed by atoms with van der Waals surface area (Å²) in [6.07, 6.45) is 14.1. The molecule has 0 unspecified atom stereocenters. The van der Waals surface area contributed by atoms with E-state index in [1.807, 2.05) is 6.29 Å². The van der Waals surface area contributed by atoms with Crippen LogP contribution in [0.2, 0.25) is 0 Å². The molecule has 69 valence electrons. The van der Waals surface area contributed by atoms with Crippen LogP contribution in [0.4, 0.5) is 0 Å². The van der Waals surface area contributed by atoms with Gasteiger partial charge < -0.3 is 0 Å². The number of carbonyl (C=O) groups excluding carboxylic acids is 1. The fraction of sp³-hybridized carbons (Fsp3) is 0.727. The molecule has 0 bridgehead atoms. The smallest absolute Gasteiger partial charge is 0.198 e. The Morgan fingerprint density at radius 1 is 1.08 bits per heavy atom. The summed E-state index contributed by atoms with van der Waals surface area (Å²) in [4.78, 5) is 9.84. The van der Waals surface area contributed by atoms with Crippen LogP contribution in [0, 0.1) is 0 Å². The molecular weight excluding hydrogens is 148 g/mol. The van der Waals surface area contributed by atoms with E-state index >= 15 is 0 Å². The maximum absolute atomic E-state index is 9.84. The molecule has 0 heterocycles. The predicted octanol–water partition coefficient (Wildman–Crippen LogP) is 3.40. The lowest BCUT2D eigenvalue weighted by atomic mass is 10.1. The van der Waals surface area contributed by atoms with Crippen molar-refractivity contribution >= 4 is 6.29 Å². The molecule has 1 nitrogen and oxygen atoms in total. The topological polar surface area (TPSA) is 17.1 Å². The summed E-state index contributed by atoms with van der Waals surface area (Å²) in [6.45, 7) is 2.06. The van der Waals surface area contributed by atoms with Crippen molar-refractivity contribution in [2.75, 3.05) is 0 Å². The van der Waals surface area contributed by atoms with Gasteiger partial charge in [-0.05, 0) is 26.2 Å². The first-order valence-electron chi connectivity index (χ1n) is 4.88. The van der Waals surface area contributed by atoms with Gasteiger partial charge in [0.05, 0.1) is 0 Å². The van der Waals surface area contributed by atoms with E-state index in [1.54, 1.807) is 0 Å². The molecule has 0 aromatic rings. The van der Waals surface area contributed by atoms with Gasteiger partial charge in [0.25, 0.3) is 0 Å². The molecule has 0 aromatic carbocycles. The lowest BCUT2D eigenvalue weighted by Crippen LogP contribution is -1.79. The third kappa shape index (κ3) is 9.41. The molecule has 0 saturated carbocycles. The highest BCUT2D eigenvalue weighted by atomic mass is 16.1. The van der Waals surface area contributed by atoms with Crippen LogP contribution in [-0.4, -0.2) is 6.29 Å². The predicted molar refractivity (Wildman–Crippen MR) is 52.8 cm³/mol. The van der Waals surface area contributed by atoms with Crippen LogP contribution in [0.5, 0.6) is 0 Å². The Kier molecular flexibility index (Phi) is 9.90. The van der Waals surface area contributed by atoms with Crippen LogP contribution >= 0.6 is 0 Å². The Hall–Kier alpha value is -0.590. The van der Waals surface area contributed by atoms with Crippen LogP contribution < -0.4 is 0 Å². The Morgan fingerprint density at radius 2 is 1.75 bits per heavy atom. The Bertz CT molecular complexity index is 116. The maximum Gasteiger partial charge on any atom is 0.198 e. The van der Waals surface area contributed by atoms with Crippen molar-refractivity contribution in [3.8, 4) is 0 Å². The van der Waals surface area contributed by atoms with Crippen molar-refractivity contribution in [1.82, 2.24) is 0 Å². The van der Waals surface area contributed by atoms with Crippen molar-refractivity contribution in [2.24, 2.45) is 0 Å². The van der Waals surface area contributed by atoms with E-state index in [0.717, 1.165) is 6.42 Å². The molecule has 0 fully saturated rings. The van der Waals surface area contributed by atoms with Crippen LogP contribution in [0.25, 0.3) is 0 Å². The monoisotopic (exact) mass is 167 g/mol. The molecule has 0 saturated heterocycles. The first-order chi connectivity index (χ1) is 5.91. The molecule has 0 spiro atoms. The number of rotatable bonds is 8. The lowest BCUT2D eigenvalue weighted by Gasteiger charge is -1.96. The first kappa shape index (κ1) is 11.4. The van der Waals surface area contributed by atoms with Crippen LogP contribution in [0.3, 0.4) is 0 Å². The van der Waals surface area contributed by atoms with E-state index < -0.39 is 0 Å². The summed E-state index contributed by atoms with van der Waals surface area (Å²) in [5.41, 5.74) is 0. The summed E-state index contributed by atoms with van der Waals surface area (Å²) in [6, 6.07) is 0. The van der Waals surface area contributed by atoms with Crippen molar-refractivity contribution in [3.05, 3.63) is 12.2 Å². The number of allylic oxidation sites excluding steroid dienone is 2. The summed E-state index contributed by atoms with van der Waals surface area (Å²) >= 11 is 0. The Balaban J connectivity index is 2.86. The number of hydrogen-bond donors (Lipinski definition) is 0. The highest BCUT2D eigenvalue weighted by Gasteiger charge is 1.89. The molecule has 0 amide bonds. The summed E-state index contributed by atoms with van der Waals surface area (Å²) < 4.78 is 0. The molecule has 0 aliphatic rings. The van der Waals surface area contributed by atoms with E-state index in [1.165, 1.54) is 32.1 Å². The quantitative estimate of drug-likeness (QED) is 0.400. The van der Waals surface area contributed by atoms with Gasteiger partial charge in [0, 0.05) is 6.42 Å². The van der Waals surface area contributed by atoms with Gasteiger partial charge in [-0.25, -0.2) is 0 Å². The Morgan fingerprint density at radius 3 is 2.42 bits per heavy atom. The van der Waals surface area contributed by atoms with E-state index in [-0.39, 0.29) is 0 Å². The SMILES string of the molecule is CC=CCCCCCCC[C]=O. The molecule has 0 N–H and O–H groups in total. The van der Waals surface area contributed by atoms with Crippen LogP contribution in [0.1, 0.15) is 51.9 Å². The molecule has 1 heteroatoms. The van der Waals surface area contributed by atoms with Gasteiger partial charge in [0.2, 0.25) is 0 Å². The van der Waals surface area contributed by atoms with Gasteiger partial charge in [-0.3, -0.25) is 4.79 Å². The average molecular weight is 167 g/mol.